The number of aryl methyl sites for hydroxylation is 1. The maximum atomic E-state index is 11.0. The van der Waals surface area contributed by atoms with Crippen molar-refractivity contribution < 1.29 is 19.2 Å². The lowest BCUT2D eigenvalue weighted by Gasteiger charge is -2.42. The van der Waals surface area contributed by atoms with E-state index in [4.69, 9.17) is 4.74 Å². The Balaban J connectivity index is 2.06. The van der Waals surface area contributed by atoms with Gasteiger partial charge < -0.3 is 24.4 Å². The number of hydrogen-bond donors (Lipinski definition) is 1. The molecular weight excluding hydrogens is 288 g/mol. The summed E-state index contributed by atoms with van der Waals surface area (Å²) in [4.78, 5) is 14.5. The standard InChI is InChI=1S/C14H25N4O4/c1-3-4-18(5-7-22-8-6-18)11-13(19)10-16-12(2)15-9-14(16)17(20)21/h9,13,19H,3-8,10-11H2,1-2H3/q+1. The predicted molar refractivity (Wildman–Crippen MR) is 80.5 cm³/mol. The Hall–Kier alpha value is -1.51. The molecule has 0 spiro atoms. The molecule has 0 aliphatic carbocycles. The first-order valence-electron chi connectivity index (χ1n) is 7.75. The molecule has 0 bridgehead atoms. The number of imidazole rings is 1. The molecule has 1 unspecified atom stereocenters. The van der Waals surface area contributed by atoms with E-state index in [-0.39, 0.29) is 12.4 Å². The lowest BCUT2D eigenvalue weighted by molar-refractivity contribution is -0.937. The van der Waals surface area contributed by atoms with Gasteiger partial charge in [-0.2, -0.15) is 0 Å². The molecule has 22 heavy (non-hydrogen) atoms. The van der Waals surface area contributed by atoms with Crippen molar-refractivity contribution in [2.75, 3.05) is 39.4 Å². The van der Waals surface area contributed by atoms with Crippen molar-refractivity contribution in [3.05, 3.63) is 22.1 Å². The molecule has 1 atom stereocenters. The molecule has 8 nitrogen and oxygen atoms in total. The molecule has 1 N–H and O–H groups in total. The number of aromatic nitrogens is 2. The van der Waals surface area contributed by atoms with Crippen molar-refractivity contribution >= 4 is 5.82 Å². The fourth-order valence-corrected chi connectivity index (χ4v) is 3.25. The fourth-order valence-electron chi connectivity index (χ4n) is 3.25. The largest absolute Gasteiger partial charge is 0.383 e. The number of nitro groups is 1. The minimum Gasteiger partial charge on any atom is -0.383 e. The molecule has 1 fully saturated rings. The third-order valence-corrected chi connectivity index (χ3v) is 4.33. The molecule has 0 amide bonds. The molecular formula is C14H25N4O4+. The van der Waals surface area contributed by atoms with Gasteiger partial charge in [0.05, 0.1) is 19.8 Å². The van der Waals surface area contributed by atoms with Gasteiger partial charge in [-0.1, -0.05) is 6.92 Å². The van der Waals surface area contributed by atoms with Crippen molar-refractivity contribution in [2.24, 2.45) is 0 Å². The summed E-state index contributed by atoms with van der Waals surface area (Å²) in [7, 11) is 0. The van der Waals surface area contributed by atoms with Crippen molar-refractivity contribution in [1.29, 1.82) is 0 Å². The van der Waals surface area contributed by atoms with Crippen LogP contribution in [0.2, 0.25) is 0 Å². The van der Waals surface area contributed by atoms with Gasteiger partial charge in [-0.05, 0) is 11.3 Å². The average molecular weight is 313 g/mol. The summed E-state index contributed by atoms with van der Waals surface area (Å²) in [5.41, 5.74) is 0. The number of aliphatic hydroxyl groups excluding tert-OH is 1. The van der Waals surface area contributed by atoms with Crippen LogP contribution in [-0.4, -0.2) is 69.6 Å². The van der Waals surface area contributed by atoms with Gasteiger partial charge in [0.25, 0.3) is 0 Å². The molecule has 124 valence electrons. The Labute approximate surface area is 130 Å². The van der Waals surface area contributed by atoms with Crippen LogP contribution in [0.5, 0.6) is 0 Å². The zero-order valence-corrected chi connectivity index (χ0v) is 13.3. The second-order valence-electron chi connectivity index (χ2n) is 5.99. The van der Waals surface area contributed by atoms with E-state index < -0.39 is 11.0 Å². The monoisotopic (exact) mass is 313 g/mol. The van der Waals surface area contributed by atoms with Crippen LogP contribution in [0, 0.1) is 17.0 Å². The molecule has 0 saturated carbocycles. The molecule has 2 heterocycles. The number of ether oxygens (including phenoxy) is 1. The quantitative estimate of drug-likeness (QED) is 0.455. The molecule has 0 radical (unpaired) electrons. The number of morpholine rings is 1. The van der Waals surface area contributed by atoms with Crippen LogP contribution in [0.4, 0.5) is 5.82 Å². The van der Waals surface area contributed by atoms with Gasteiger partial charge in [-0.25, -0.2) is 9.55 Å². The van der Waals surface area contributed by atoms with Gasteiger partial charge in [0.2, 0.25) is 0 Å². The first-order valence-corrected chi connectivity index (χ1v) is 7.75. The topological polar surface area (TPSA) is 90.4 Å². The van der Waals surface area contributed by atoms with Crippen LogP contribution in [0.1, 0.15) is 19.2 Å². The van der Waals surface area contributed by atoms with E-state index in [2.05, 4.69) is 11.9 Å². The summed E-state index contributed by atoms with van der Waals surface area (Å²) in [6.45, 7) is 8.81. The Morgan fingerprint density at radius 1 is 1.55 bits per heavy atom. The summed E-state index contributed by atoms with van der Waals surface area (Å²) in [6.07, 6.45) is 1.64. The zero-order chi connectivity index (χ0) is 16.2. The highest BCUT2D eigenvalue weighted by atomic mass is 16.6. The van der Waals surface area contributed by atoms with Crippen LogP contribution in [0.15, 0.2) is 6.20 Å². The molecule has 0 aromatic carbocycles. The second kappa shape index (κ2) is 7.17. The lowest BCUT2D eigenvalue weighted by Crippen LogP contribution is -2.58. The normalized spacial score (nSPS) is 19.0. The molecule has 1 aromatic rings. The van der Waals surface area contributed by atoms with Crippen molar-refractivity contribution in [1.82, 2.24) is 9.55 Å². The molecule has 1 aliphatic heterocycles. The highest BCUT2D eigenvalue weighted by Gasteiger charge is 2.33. The van der Waals surface area contributed by atoms with E-state index in [1.54, 1.807) is 6.92 Å². The molecule has 1 saturated heterocycles. The lowest BCUT2D eigenvalue weighted by atomic mass is 10.2. The Morgan fingerprint density at radius 2 is 2.23 bits per heavy atom. The van der Waals surface area contributed by atoms with Crippen LogP contribution in [0.3, 0.4) is 0 Å². The molecule has 1 aromatic heterocycles. The van der Waals surface area contributed by atoms with Gasteiger partial charge >= 0.3 is 5.82 Å². The van der Waals surface area contributed by atoms with Crippen molar-refractivity contribution in [2.45, 2.75) is 32.9 Å². The SMILES string of the molecule is CCC[N+]1(CC(O)Cn2c([N+](=O)[O-])cnc2C)CCOCC1. The first-order chi connectivity index (χ1) is 10.5. The van der Waals surface area contributed by atoms with Crippen molar-refractivity contribution in [3.8, 4) is 0 Å². The second-order valence-corrected chi connectivity index (χ2v) is 5.99. The fraction of sp³-hybridized carbons (Fsp3) is 0.786. The average Bonchev–Trinajstić information content (AvgIpc) is 2.81. The van der Waals surface area contributed by atoms with E-state index >= 15 is 0 Å². The third kappa shape index (κ3) is 3.82. The van der Waals surface area contributed by atoms with E-state index in [9.17, 15) is 15.2 Å². The van der Waals surface area contributed by atoms with Gasteiger partial charge in [-0.15, -0.1) is 0 Å². The van der Waals surface area contributed by atoms with Crippen LogP contribution >= 0.6 is 0 Å². The number of aliphatic hydroxyl groups is 1. The minimum absolute atomic E-state index is 0.0689. The van der Waals surface area contributed by atoms with Crippen LogP contribution in [-0.2, 0) is 11.3 Å². The zero-order valence-electron chi connectivity index (χ0n) is 13.3. The van der Waals surface area contributed by atoms with Crippen LogP contribution < -0.4 is 0 Å². The predicted octanol–water partition coefficient (Wildman–Crippen LogP) is 0.718. The van der Waals surface area contributed by atoms with Gasteiger partial charge in [-0.3, -0.25) is 0 Å². The first kappa shape index (κ1) is 16.9. The van der Waals surface area contributed by atoms with E-state index in [0.29, 0.717) is 25.6 Å². The van der Waals surface area contributed by atoms with E-state index in [1.807, 2.05) is 0 Å². The molecule has 1 aliphatic rings. The highest BCUT2D eigenvalue weighted by molar-refractivity contribution is 5.18. The Morgan fingerprint density at radius 3 is 2.82 bits per heavy atom. The Bertz CT molecular complexity index is 505. The maximum Gasteiger partial charge on any atom is 0.342 e. The summed E-state index contributed by atoms with van der Waals surface area (Å²) >= 11 is 0. The minimum atomic E-state index is -0.642. The highest BCUT2D eigenvalue weighted by Crippen LogP contribution is 2.18. The van der Waals surface area contributed by atoms with E-state index in [0.717, 1.165) is 30.5 Å². The molecule has 2 rings (SSSR count). The number of quaternary nitrogens is 1. The van der Waals surface area contributed by atoms with Gasteiger partial charge in [0.15, 0.2) is 5.82 Å². The third-order valence-electron chi connectivity index (χ3n) is 4.33. The molecule has 8 heteroatoms. The number of hydrogen-bond acceptors (Lipinski definition) is 5. The summed E-state index contributed by atoms with van der Waals surface area (Å²) in [5, 5.41) is 21.5. The van der Waals surface area contributed by atoms with Gasteiger partial charge in [0.1, 0.15) is 38.5 Å². The van der Waals surface area contributed by atoms with Crippen LogP contribution in [0.25, 0.3) is 0 Å². The maximum absolute atomic E-state index is 11.0. The van der Waals surface area contributed by atoms with Crippen molar-refractivity contribution in [3.63, 3.8) is 0 Å². The van der Waals surface area contributed by atoms with E-state index in [1.165, 1.54) is 10.8 Å². The summed E-state index contributed by atoms with van der Waals surface area (Å²) in [5.74, 6) is 0.482. The summed E-state index contributed by atoms with van der Waals surface area (Å²) < 4.78 is 7.72. The number of nitrogens with zero attached hydrogens (tertiary/aromatic N) is 4. The summed E-state index contributed by atoms with van der Waals surface area (Å²) in [6, 6.07) is 0. The Kier molecular flexibility index (Phi) is 5.49. The smallest absolute Gasteiger partial charge is 0.342 e. The number of rotatable bonds is 7. The van der Waals surface area contributed by atoms with Gasteiger partial charge in [0, 0.05) is 6.92 Å².